The van der Waals surface area contributed by atoms with E-state index >= 15 is 0 Å². The molecule has 25 heavy (non-hydrogen) atoms. The predicted octanol–water partition coefficient (Wildman–Crippen LogP) is 4.13. The number of hydrogen-bond donors (Lipinski definition) is 0. The number of hydrogen-bond acceptors (Lipinski definition) is 2. The van der Waals surface area contributed by atoms with Crippen LogP contribution in [-0.2, 0) is 6.42 Å². The minimum atomic E-state index is -0.465. The Hall–Kier alpha value is -1.62. The molecule has 1 aliphatic rings. The van der Waals surface area contributed by atoms with Crippen LogP contribution in [0, 0.1) is 5.82 Å². The average Bonchev–Trinajstić information content (AvgIpc) is 2.61. The molecule has 0 N–H and O–H groups in total. The van der Waals surface area contributed by atoms with Crippen molar-refractivity contribution in [2.24, 2.45) is 0 Å². The summed E-state index contributed by atoms with van der Waals surface area (Å²) in [6.45, 7) is 3.60. The smallest absolute Gasteiger partial charge is 0.256 e. The van der Waals surface area contributed by atoms with Gasteiger partial charge in [-0.1, -0.05) is 41.4 Å². The molecule has 2 aromatic rings. The van der Waals surface area contributed by atoms with E-state index < -0.39 is 5.82 Å². The van der Waals surface area contributed by atoms with Crippen molar-refractivity contribution in [2.75, 3.05) is 32.7 Å². The van der Waals surface area contributed by atoms with Crippen molar-refractivity contribution in [1.82, 2.24) is 9.80 Å². The Labute approximate surface area is 156 Å². The lowest BCUT2D eigenvalue weighted by atomic mass is 10.1. The van der Waals surface area contributed by atoms with Crippen molar-refractivity contribution < 1.29 is 9.18 Å². The molecule has 3 nitrogen and oxygen atoms in total. The molecular formula is C19H19Cl2FN2O. The Morgan fingerprint density at radius 1 is 1.04 bits per heavy atom. The fourth-order valence-corrected chi connectivity index (χ4v) is 3.49. The molecular weight excluding hydrogens is 362 g/mol. The highest BCUT2D eigenvalue weighted by Crippen LogP contribution is 2.22. The first-order chi connectivity index (χ1) is 12.0. The molecule has 6 heteroatoms. The van der Waals surface area contributed by atoms with Crippen molar-refractivity contribution in [3.8, 4) is 0 Å². The predicted molar refractivity (Wildman–Crippen MR) is 98.9 cm³/mol. The van der Waals surface area contributed by atoms with Gasteiger partial charge in [0.15, 0.2) is 0 Å². The van der Waals surface area contributed by atoms with Gasteiger partial charge in [0.2, 0.25) is 0 Å². The summed E-state index contributed by atoms with van der Waals surface area (Å²) in [7, 11) is 0. The first kappa shape index (κ1) is 18.2. The zero-order valence-electron chi connectivity index (χ0n) is 13.7. The van der Waals surface area contributed by atoms with E-state index in [-0.39, 0.29) is 11.5 Å². The Morgan fingerprint density at radius 3 is 2.44 bits per heavy atom. The second-order valence-corrected chi connectivity index (χ2v) is 6.94. The molecule has 132 valence electrons. The molecule has 1 heterocycles. The summed E-state index contributed by atoms with van der Waals surface area (Å²) in [5.74, 6) is -0.703. The number of benzene rings is 2. The van der Waals surface area contributed by atoms with E-state index in [4.69, 9.17) is 23.2 Å². The maximum Gasteiger partial charge on any atom is 0.256 e. The summed E-state index contributed by atoms with van der Waals surface area (Å²) in [5, 5.41) is 1.31. The van der Waals surface area contributed by atoms with Gasteiger partial charge >= 0.3 is 0 Å². The van der Waals surface area contributed by atoms with Crippen molar-refractivity contribution in [3.05, 3.63) is 69.5 Å². The van der Waals surface area contributed by atoms with Crippen LogP contribution >= 0.6 is 23.2 Å². The van der Waals surface area contributed by atoms with Crippen LogP contribution in [-0.4, -0.2) is 48.4 Å². The molecule has 0 atom stereocenters. The van der Waals surface area contributed by atoms with E-state index in [0.717, 1.165) is 31.6 Å². The second-order valence-electron chi connectivity index (χ2n) is 6.10. The van der Waals surface area contributed by atoms with Gasteiger partial charge in [-0.05, 0) is 36.2 Å². The van der Waals surface area contributed by atoms with Crippen LogP contribution in [0.2, 0.25) is 10.0 Å². The van der Waals surface area contributed by atoms with Gasteiger partial charge in [-0.2, -0.15) is 0 Å². The standard InChI is InChI=1S/C19H19Cl2FN2O/c20-15-6-5-14(17(21)13-15)7-8-23-9-11-24(12-10-23)19(25)16-3-1-2-4-18(16)22/h1-6,13H,7-12H2. The van der Waals surface area contributed by atoms with Gasteiger partial charge in [-0.15, -0.1) is 0 Å². The third-order valence-electron chi connectivity index (χ3n) is 4.48. The van der Waals surface area contributed by atoms with Gasteiger partial charge in [0.25, 0.3) is 5.91 Å². The van der Waals surface area contributed by atoms with Crippen LogP contribution < -0.4 is 0 Å². The van der Waals surface area contributed by atoms with E-state index in [9.17, 15) is 9.18 Å². The number of nitrogens with zero attached hydrogens (tertiary/aromatic N) is 2. The fourth-order valence-electron chi connectivity index (χ4n) is 2.98. The van der Waals surface area contributed by atoms with E-state index in [2.05, 4.69) is 4.90 Å². The molecule has 1 aliphatic heterocycles. The van der Waals surface area contributed by atoms with Crippen molar-refractivity contribution in [2.45, 2.75) is 6.42 Å². The SMILES string of the molecule is O=C(c1ccccc1F)N1CCN(CCc2ccc(Cl)cc2Cl)CC1. The van der Waals surface area contributed by atoms with E-state index in [0.29, 0.717) is 23.1 Å². The largest absolute Gasteiger partial charge is 0.336 e. The summed E-state index contributed by atoms with van der Waals surface area (Å²) >= 11 is 12.1. The topological polar surface area (TPSA) is 23.6 Å². The number of amides is 1. The Kier molecular flexibility index (Phi) is 5.94. The van der Waals surface area contributed by atoms with Gasteiger partial charge in [0.1, 0.15) is 5.82 Å². The lowest BCUT2D eigenvalue weighted by Crippen LogP contribution is -2.49. The van der Waals surface area contributed by atoms with Gasteiger partial charge in [0.05, 0.1) is 5.56 Å². The maximum absolute atomic E-state index is 13.8. The number of carbonyl (C=O) groups excluding carboxylic acids is 1. The lowest BCUT2D eigenvalue weighted by molar-refractivity contribution is 0.0634. The van der Waals surface area contributed by atoms with Crippen LogP contribution in [0.15, 0.2) is 42.5 Å². The highest BCUT2D eigenvalue weighted by Gasteiger charge is 2.23. The zero-order chi connectivity index (χ0) is 17.8. The second kappa shape index (κ2) is 8.17. The Bertz CT molecular complexity index is 761. The lowest BCUT2D eigenvalue weighted by Gasteiger charge is -2.34. The molecule has 2 aromatic carbocycles. The first-order valence-electron chi connectivity index (χ1n) is 8.24. The molecule has 0 radical (unpaired) electrons. The van der Waals surface area contributed by atoms with Crippen LogP contribution in [0.25, 0.3) is 0 Å². The summed E-state index contributed by atoms with van der Waals surface area (Å²) < 4.78 is 13.8. The minimum Gasteiger partial charge on any atom is -0.336 e. The Morgan fingerprint density at radius 2 is 1.76 bits per heavy atom. The number of halogens is 3. The van der Waals surface area contributed by atoms with Crippen LogP contribution in [0.5, 0.6) is 0 Å². The molecule has 3 rings (SSSR count). The van der Waals surface area contributed by atoms with Crippen molar-refractivity contribution >= 4 is 29.1 Å². The quantitative estimate of drug-likeness (QED) is 0.795. The van der Waals surface area contributed by atoms with Gasteiger partial charge < -0.3 is 4.90 Å². The molecule has 1 saturated heterocycles. The third kappa shape index (κ3) is 4.51. The molecule has 1 amide bonds. The van der Waals surface area contributed by atoms with Gasteiger partial charge in [0, 0.05) is 42.8 Å². The molecule has 0 spiro atoms. The molecule has 0 unspecified atom stereocenters. The average molecular weight is 381 g/mol. The minimum absolute atomic E-state index is 0.142. The van der Waals surface area contributed by atoms with Crippen LogP contribution in [0.3, 0.4) is 0 Å². The molecule has 0 aromatic heterocycles. The molecule has 0 saturated carbocycles. The zero-order valence-corrected chi connectivity index (χ0v) is 15.2. The maximum atomic E-state index is 13.8. The number of carbonyl (C=O) groups is 1. The molecule has 0 bridgehead atoms. The normalized spacial score (nSPS) is 15.4. The van der Waals surface area contributed by atoms with E-state index in [1.807, 2.05) is 12.1 Å². The third-order valence-corrected chi connectivity index (χ3v) is 5.06. The van der Waals surface area contributed by atoms with Crippen molar-refractivity contribution in [1.29, 1.82) is 0 Å². The van der Waals surface area contributed by atoms with Crippen LogP contribution in [0.4, 0.5) is 4.39 Å². The summed E-state index contributed by atoms with van der Waals surface area (Å²) in [5.41, 5.74) is 1.21. The first-order valence-corrected chi connectivity index (χ1v) is 9.00. The summed E-state index contributed by atoms with van der Waals surface area (Å²) in [4.78, 5) is 16.4. The Balaban J connectivity index is 1.52. The fraction of sp³-hybridized carbons (Fsp3) is 0.316. The van der Waals surface area contributed by atoms with Gasteiger partial charge in [-0.3, -0.25) is 9.69 Å². The summed E-state index contributed by atoms with van der Waals surface area (Å²) in [6, 6.07) is 11.7. The van der Waals surface area contributed by atoms with E-state index in [1.165, 1.54) is 12.1 Å². The molecule has 0 aliphatic carbocycles. The number of rotatable bonds is 4. The highest BCUT2D eigenvalue weighted by atomic mass is 35.5. The summed E-state index contributed by atoms with van der Waals surface area (Å²) in [6.07, 6.45) is 0.831. The number of piperazine rings is 1. The highest BCUT2D eigenvalue weighted by molar-refractivity contribution is 6.35. The van der Waals surface area contributed by atoms with Crippen LogP contribution in [0.1, 0.15) is 15.9 Å². The van der Waals surface area contributed by atoms with Crippen molar-refractivity contribution in [3.63, 3.8) is 0 Å². The molecule has 1 fully saturated rings. The monoisotopic (exact) mass is 380 g/mol. The van der Waals surface area contributed by atoms with E-state index in [1.54, 1.807) is 23.1 Å². The van der Waals surface area contributed by atoms with Gasteiger partial charge in [-0.25, -0.2) is 4.39 Å².